The summed E-state index contributed by atoms with van der Waals surface area (Å²) < 4.78 is 5.59. The third kappa shape index (κ3) is 2.85. The van der Waals surface area contributed by atoms with Crippen LogP contribution in [0.3, 0.4) is 0 Å². The second-order valence-electron chi connectivity index (χ2n) is 9.00. The molecule has 0 heterocycles. The van der Waals surface area contributed by atoms with E-state index in [1.807, 2.05) is 0 Å². The first-order chi connectivity index (χ1) is 11.4. The Balaban J connectivity index is 1.39. The molecule has 5 fully saturated rings. The number of hydrogen-bond acceptors (Lipinski definition) is 4. The Hall–Kier alpha value is -1.10. The lowest BCUT2D eigenvalue weighted by molar-refractivity contribution is -0.200. The minimum Gasteiger partial charge on any atom is -0.452 e. The summed E-state index contributed by atoms with van der Waals surface area (Å²) in [5.41, 5.74) is -1.24. The number of aliphatic hydroxyl groups is 1. The lowest BCUT2D eigenvalue weighted by Gasteiger charge is -2.58. The summed E-state index contributed by atoms with van der Waals surface area (Å²) in [5.74, 6) is 0.431. The number of nitrogens with one attached hydrogen (secondary N) is 1. The smallest absolute Gasteiger partial charge is 0.312 e. The highest BCUT2D eigenvalue weighted by atomic mass is 16.5. The molecule has 1 amide bonds. The molecule has 0 aliphatic heterocycles. The number of carbonyl (C=O) groups is 2. The summed E-state index contributed by atoms with van der Waals surface area (Å²) in [6.45, 7) is 1.66. The Labute approximate surface area is 143 Å². The number of esters is 1. The molecule has 5 saturated carbocycles. The van der Waals surface area contributed by atoms with E-state index in [0.717, 1.165) is 57.8 Å². The minimum absolute atomic E-state index is 0.182. The van der Waals surface area contributed by atoms with Crippen molar-refractivity contribution >= 4 is 11.9 Å². The first kappa shape index (κ1) is 16.4. The van der Waals surface area contributed by atoms with E-state index in [1.165, 1.54) is 0 Å². The van der Waals surface area contributed by atoms with Gasteiger partial charge in [-0.1, -0.05) is 12.8 Å². The lowest BCUT2D eigenvalue weighted by Crippen LogP contribution is -2.59. The maximum Gasteiger partial charge on any atom is 0.312 e. The molecule has 4 bridgehead atoms. The molecule has 134 valence electrons. The third-order valence-electron chi connectivity index (χ3n) is 6.82. The van der Waals surface area contributed by atoms with Crippen molar-refractivity contribution < 1.29 is 19.4 Å². The van der Waals surface area contributed by atoms with Gasteiger partial charge in [-0.15, -0.1) is 0 Å². The maximum atomic E-state index is 12.9. The molecule has 0 aromatic heterocycles. The van der Waals surface area contributed by atoms with Gasteiger partial charge in [-0.3, -0.25) is 9.59 Å². The van der Waals surface area contributed by atoms with Crippen molar-refractivity contribution in [1.82, 2.24) is 5.32 Å². The van der Waals surface area contributed by atoms with Crippen molar-refractivity contribution in [2.75, 3.05) is 0 Å². The zero-order chi connectivity index (χ0) is 16.9. The average Bonchev–Trinajstić information content (AvgIpc) is 2.97. The molecule has 0 spiro atoms. The van der Waals surface area contributed by atoms with Gasteiger partial charge in [-0.2, -0.15) is 0 Å². The van der Waals surface area contributed by atoms with E-state index in [1.54, 1.807) is 6.92 Å². The summed E-state index contributed by atoms with van der Waals surface area (Å²) in [6.07, 6.45) is 8.56. The summed E-state index contributed by atoms with van der Waals surface area (Å²) in [5, 5.41) is 13.8. The lowest BCUT2D eigenvalue weighted by atomic mass is 9.48. The molecule has 2 unspecified atom stereocenters. The van der Waals surface area contributed by atoms with Gasteiger partial charge in [0.15, 0.2) is 6.10 Å². The SMILES string of the molecule is C[C@@H](OC(=O)C12C[C@@H]3C[C@@H](CC(O)(C3)C1)C2)C(=O)NC1CCCC1. The highest BCUT2D eigenvalue weighted by Gasteiger charge is 2.61. The summed E-state index contributed by atoms with van der Waals surface area (Å²) in [4.78, 5) is 25.2. The molecule has 5 aliphatic rings. The normalized spacial score (nSPS) is 42.1. The second-order valence-corrected chi connectivity index (χ2v) is 9.00. The van der Waals surface area contributed by atoms with E-state index in [9.17, 15) is 14.7 Å². The van der Waals surface area contributed by atoms with Gasteiger partial charge in [0, 0.05) is 6.04 Å². The first-order valence-corrected chi connectivity index (χ1v) is 9.61. The van der Waals surface area contributed by atoms with E-state index in [0.29, 0.717) is 18.3 Å². The summed E-state index contributed by atoms with van der Waals surface area (Å²) in [7, 11) is 0. The molecule has 2 N–H and O–H groups in total. The Morgan fingerprint density at radius 2 is 1.75 bits per heavy atom. The van der Waals surface area contributed by atoms with E-state index in [-0.39, 0.29) is 17.9 Å². The van der Waals surface area contributed by atoms with Gasteiger partial charge in [0.05, 0.1) is 11.0 Å². The van der Waals surface area contributed by atoms with Gasteiger partial charge in [0.25, 0.3) is 5.91 Å². The second kappa shape index (κ2) is 5.72. The van der Waals surface area contributed by atoms with Crippen LogP contribution in [0.4, 0.5) is 0 Å². The third-order valence-corrected chi connectivity index (χ3v) is 6.82. The Morgan fingerprint density at radius 3 is 2.33 bits per heavy atom. The average molecular weight is 335 g/mol. The van der Waals surface area contributed by atoms with Gasteiger partial charge >= 0.3 is 5.97 Å². The highest BCUT2D eigenvalue weighted by Crippen LogP contribution is 2.62. The van der Waals surface area contributed by atoms with Crippen LogP contribution >= 0.6 is 0 Å². The Kier molecular flexibility index (Phi) is 3.90. The van der Waals surface area contributed by atoms with Crippen molar-refractivity contribution in [1.29, 1.82) is 0 Å². The summed E-state index contributed by atoms with van der Waals surface area (Å²) in [6, 6.07) is 0.235. The predicted octanol–water partition coefficient (Wildman–Crippen LogP) is 2.31. The molecule has 0 saturated heterocycles. The van der Waals surface area contributed by atoms with Gasteiger partial charge in [0.1, 0.15) is 0 Å². The number of amides is 1. The largest absolute Gasteiger partial charge is 0.452 e. The van der Waals surface area contributed by atoms with Gasteiger partial charge in [-0.25, -0.2) is 0 Å². The van der Waals surface area contributed by atoms with Gasteiger partial charge < -0.3 is 15.2 Å². The molecule has 5 aliphatic carbocycles. The molecule has 0 aromatic rings. The number of ether oxygens (including phenoxy) is 1. The molecule has 0 aromatic carbocycles. The molecule has 5 rings (SSSR count). The molecule has 24 heavy (non-hydrogen) atoms. The van der Waals surface area contributed by atoms with Crippen LogP contribution in [-0.4, -0.2) is 34.7 Å². The molecule has 5 atom stereocenters. The standard InChI is InChI=1S/C19H29NO4/c1-12(16(21)20-15-4-2-3-5-15)24-17(22)18-7-13-6-14(8-18)10-19(23,9-13)11-18/h12-15,23H,2-11H2,1H3,(H,20,21)/t12-,13-,14+,18?,19?/m1/s1. The van der Waals surface area contributed by atoms with Crippen LogP contribution in [0.15, 0.2) is 0 Å². The molecular formula is C19H29NO4. The van der Waals surface area contributed by atoms with E-state index in [2.05, 4.69) is 5.32 Å². The highest BCUT2D eigenvalue weighted by molar-refractivity contribution is 5.85. The predicted molar refractivity (Wildman–Crippen MR) is 88.0 cm³/mol. The number of rotatable bonds is 4. The van der Waals surface area contributed by atoms with Crippen LogP contribution in [0.25, 0.3) is 0 Å². The van der Waals surface area contributed by atoms with Crippen LogP contribution in [0.1, 0.15) is 71.1 Å². The van der Waals surface area contributed by atoms with Crippen LogP contribution in [0.5, 0.6) is 0 Å². The number of carbonyl (C=O) groups excluding carboxylic acids is 2. The quantitative estimate of drug-likeness (QED) is 0.773. The van der Waals surface area contributed by atoms with Crippen molar-refractivity contribution in [2.45, 2.75) is 88.9 Å². The zero-order valence-electron chi connectivity index (χ0n) is 14.6. The van der Waals surface area contributed by atoms with Crippen molar-refractivity contribution in [3.63, 3.8) is 0 Å². The zero-order valence-corrected chi connectivity index (χ0v) is 14.6. The van der Waals surface area contributed by atoms with Crippen LogP contribution in [0.2, 0.25) is 0 Å². The Bertz CT molecular complexity index is 525. The fraction of sp³-hybridized carbons (Fsp3) is 0.895. The van der Waals surface area contributed by atoms with Gasteiger partial charge in [0.2, 0.25) is 0 Å². The van der Waals surface area contributed by atoms with Crippen molar-refractivity contribution in [3.05, 3.63) is 0 Å². The fourth-order valence-electron chi connectivity index (χ4n) is 6.18. The fourth-order valence-corrected chi connectivity index (χ4v) is 6.18. The van der Waals surface area contributed by atoms with E-state index in [4.69, 9.17) is 4.74 Å². The molecule has 5 nitrogen and oxygen atoms in total. The first-order valence-electron chi connectivity index (χ1n) is 9.61. The minimum atomic E-state index is -0.749. The van der Waals surface area contributed by atoms with Crippen LogP contribution < -0.4 is 5.32 Å². The molecular weight excluding hydrogens is 306 g/mol. The molecule has 0 radical (unpaired) electrons. The maximum absolute atomic E-state index is 12.9. The molecule has 5 heteroatoms. The van der Waals surface area contributed by atoms with E-state index >= 15 is 0 Å². The van der Waals surface area contributed by atoms with Crippen LogP contribution in [0, 0.1) is 17.3 Å². The number of hydrogen-bond donors (Lipinski definition) is 2. The monoisotopic (exact) mass is 335 g/mol. The summed E-state index contributed by atoms with van der Waals surface area (Å²) >= 11 is 0. The topological polar surface area (TPSA) is 75.6 Å². The van der Waals surface area contributed by atoms with Crippen molar-refractivity contribution in [2.24, 2.45) is 17.3 Å². The van der Waals surface area contributed by atoms with Crippen LogP contribution in [-0.2, 0) is 14.3 Å². The van der Waals surface area contributed by atoms with Gasteiger partial charge in [-0.05, 0) is 70.1 Å². The van der Waals surface area contributed by atoms with Crippen molar-refractivity contribution in [3.8, 4) is 0 Å². The van der Waals surface area contributed by atoms with E-state index < -0.39 is 17.1 Å². The Morgan fingerprint density at radius 1 is 1.12 bits per heavy atom.